The zero-order valence-corrected chi connectivity index (χ0v) is 10.2. The Bertz CT molecular complexity index is 357. The number of carbonyl (C=O) groups excluding carboxylic acids is 2. The van der Waals surface area contributed by atoms with Crippen molar-refractivity contribution in [3.8, 4) is 0 Å². The van der Waals surface area contributed by atoms with Gasteiger partial charge in [0.25, 0.3) is 0 Å². The molecule has 0 saturated carbocycles. The van der Waals surface area contributed by atoms with Crippen molar-refractivity contribution in [2.45, 2.75) is 32.4 Å². The van der Waals surface area contributed by atoms with Gasteiger partial charge in [-0.15, -0.1) is 11.3 Å². The number of aromatic nitrogens is 1. The summed E-state index contributed by atoms with van der Waals surface area (Å²) in [6, 6.07) is -0.749. The molecule has 5 nitrogen and oxygen atoms in total. The van der Waals surface area contributed by atoms with E-state index in [4.69, 9.17) is 4.74 Å². The van der Waals surface area contributed by atoms with Crippen molar-refractivity contribution in [2.24, 2.45) is 0 Å². The van der Waals surface area contributed by atoms with Crippen LogP contribution < -0.4 is 5.32 Å². The fourth-order valence-corrected chi connectivity index (χ4v) is 1.58. The molecule has 0 aliphatic carbocycles. The van der Waals surface area contributed by atoms with Crippen LogP contribution in [0.5, 0.6) is 0 Å². The molecule has 0 saturated heterocycles. The van der Waals surface area contributed by atoms with Crippen molar-refractivity contribution in [3.63, 3.8) is 0 Å². The normalized spacial score (nSPS) is 12.9. The maximum Gasteiger partial charge on any atom is 0.408 e. The second kappa shape index (κ2) is 5.07. The molecule has 1 heterocycles. The van der Waals surface area contributed by atoms with Gasteiger partial charge in [0.05, 0.1) is 11.2 Å². The SMILES string of the molecule is CC(C)(C)OC(=O)NC(C=O)c1cscn1. The van der Waals surface area contributed by atoms with Crippen molar-refractivity contribution in [2.75, 3.05) is 0 Å². The summed E-state index contributed by atoms with van der Waals surface area (Å²) in [6.45, 7) is 5.27. The smallest absolute Gasteiger partial charge is 0.408 e. The average Bonchev–Trinajstić information content (AvgIpc) is 2.63. The first-order chi connectivity index (χ1) is 7.42. The van der Waals surface area contributed by atoms with Crippen LogP contribution in [-0.4, -0.2) is 23.0 Å². The van der Waals surface area contributed by atoms with E-state index in [0.717, 1.165) is 0 Å². The Balaban J connectivity index is 2.58. The number of nitrogens with one attached hydrogen (secondary N) is 1. The van der Waals surface area contributed by atoms with E-state index < -0.39 is 17.7 Å². The highest BCUT2D eigenvalue weighted by atomic mass is 32.1. The van der Waals surface area contributed by atoms with Crippen LogP contribution >= 0.6 is 11.3 Å². The van der Waals surface area contributed by atoms with Crippen LogP contribution in [0.4, 0.5) is 4.79 Å². The zero-order valence-electron chi connectivity index (χ0n) is 9.39. The Morgan fingerprint density at radius 3 is 2.75 bits per heavy atom. The number of alkyl carbamates (subject to hydrolysis) is 1. The molecule has 0 aromatic carbocycles. The number of amides is 1. The molecule has 16 heavy (non-hydrogen) atoms. The summed E-state index contributed by atoms with van der Waals surface area (Å²) in [4.78, 5) is 26.2. The summed E-state index contributed by atoms with van der Waals surface area (Å²) < 4.78 is 5.03. The Kier molecular flexibility index (Phi) is 4.00. The maximum absolute atomic E-state index is 11.4. The minimum absolute atomic E-state index is 0.519. The minimum Gasteiger partial charge on any atom is -0.444 e. The molecule has 0 bridgehead atoms. The second-order valence-corrected chi connectivity index (χ2v) is 4.89. The molecule has 88 valence electrons. The molecule has 1 aromatic heterocycles. The fourth-order valence-electron chi connectivity index (χ4n) is 0.988. The van der Waals surface area contributed by atoms with Crippen LogP contribution in [-0.2, 0) is 9.53 Å². The van der Waals surface area contributed by atoms with E-state index in [9.17, 15) is 9.59 Å². The van der Waals surface area contributed by atoms with E-state index in [1.165, 1.54) is 11.3 Å². The highest BCUT2D eigenvalue weighted by Crippen LogP contribution is 2.12. The molecule has 1 atom stereocenters. The van der Waals surface area contributed by atoms with Gasteiger partial charge in [-0.25, -0.2) is 9.78 Å². The van der Waals surface area contributed by atoms with E-state index in [-0.39, 0.29) is 0 Å². The van der Waals surface area contributed by atoms with Crippen LogP contribution in [0.15, 0.2) is 10.9 Å². The van der Waals surface area contributed by atoms with Gasteiger partial charge >= 0.3 is 6.09 Å². The van der Waals surface area contributed by atoms with Crippen LogP contribution in [0.25, 0.3) is 0 Å². The van der Waals surface area contributed by atoms with Crippen LogP contribution in [0.2, 0.25) is 0 Å². The Morgan fingerprint density at radius 2 is 2.31 bits per heavy atom. The van der Waals surface area contributed by atoms with E-state index >= 15 is 0 Å². The van der Waals surface area contributed by atoms with Gasteiger partial charge in [0.1, 0.15) is 17.9 Å². The molecule has 0 aliphatic heterocycles. The van der Waals surface area contributed by atoms with Gasteiger partial charge < -0.3 is 14.8 Å². The van der Waals surface area contributed by atoms with E-state index in [2.05, 4.69) is 10.3 Å². The molecule has 1 aromatic rings. The summed E-state index contributed by atoms with van der Waals surface area (Å²) in [7, 11) is 0. The van der Waals surface area contributed by atoms with Gasteiger partial charge in [-0.1, -0.05) is 0 Å². The summed E-state index contributed by atoms with van der Waals surface area (Å²) in [5.74, 6) is 0. The van der Waals surface area contributed by atoms with Gasteiger partial charge in [-0.05, 0) is 20.8 Å². The lowest BCUT2D eigenvalue weighted by molar-refractivity contribution is -0.109. The number of carbonyl (C=O) groups is 2. The summed E-state index contributed by atoms with van der Waals surface area (Å²) >= 11 is 1.36. The molecule has 1 unspecified atom stereocenters. The largest absolute Gasteiger partial charge is 0.444 e. The lowest BCUT2D eigenvalue weighted by atomic mass is 10.2. The van der Waals surface area contributed by atoms with Gasteiger partial charge in [0.2, 0.25) is 0 Å². The van der Waals surface area contributed by atoms with Crippen molar-refractivity contribution >= 4 is 23.7 Å². The minimum atomic E-state index is -0.749. The van der Waals surface area contributed by atoms with Crippen molar-refractivity contribution in [1.29, 1.82) is 0 Å². The molecular formula is C10H14N2O3S. The summed E-state index contributed by atoms with van der Waals surface area (Å²) in [5.41, 5.74) is 1.54. The zero-order chi connectivity index (χ0) is 12.2. The van der Waals surface area contributed by atoms with Gasteiger partial charge in [0.15, 0.2) is 0 Å². The van der Waals surface area contributed by atoms with Gasteiger partial charge in [-0.3, -0.25) is 0 Å². The number of ether oxygens (including phenoxy) is 1. The third-order valence-corrected chi connectivity index (χ3v) is 2.18. The number of nitrogens with zero attached hydrogens (tertiary/aromatic N) is 1. The van der Waals surface area contributed by atoms with Crippen molar-refractivity contribution in [1.82, 2.24) is 10.3 Å². The first-order valence-corrected chi connectivity index (χ1v) is 5.69. The maximum atomic E-state index is 11.4. The van der Waals surface area contributed by atoms with Gasteiger partial charge in [0, 0.05) is 5.38 Å². The summed E-state index contributed by atoms with van der Waals surface area (Å²) in [6.07, 6.45) is -0.00324. The quantitative estimate of drug-likeness (QED) is 0.822. The highest BCUT2D eigenvalue weighted by Gasteiger charge is 2.20. The van der Waals surface area contributed by atoms with Crippen molar-refractivity contribution in [3.05, 3.63) is 16.6 Å². The lowest BCUT2D eigenvalue weighted by Crippen LogP contribution is -2.35. The number of rotatable bonds is 3. The molecule has 1 rings (SSSR count). The number of aldehydes is 1. The van der Waals surface area contributed by atoms with Crippen molar-refractivity contribution < 1.29 is 14.3 Å². The first kappa shape index (κ1) is 12.6. The highest BCUT2D eigenvalue weighted by molar-refractivity contribution is 7.07. The van der Waals surface area contributed by atoms with Crippen LogP contribution in [0.3, 0.4) is 0 Å². The standard InChI is InChI=1S/C10H14N2O3S/c1-10(2,3)15-9(14)12-7(4-13)8-5-16-6-11-8/h4-7H,1-3H3,(H,12,14). The second-order valence-electron chi connectivity index (χ2n) is 4.17. The van der Waals surface area contributed by atoms with Crippen LogP contribution in [0, 0.1) is 0 Å². The Labute approximate surface area is 97.8 Å². The van der Waals surface area contributed by atoms with Gasteiger partial charge in [-0.2, -0.15) is 0 Å². The predicted octanol–water partition coefficient (Wildman–Crippen LogP) is 1.91. The summed E-state index contributed by atoms with van der Waals surface area (Å²) in [5, 5.41) is 4.15. The first-order valence-electron chi connectivity index (χ1n) is 4.75. The molecular weight excluding hydrogens is 228 g/mol. The van der Waals surface area contributed by atoms with E-state index in [0.29, 0.717) is 12.0 Å². The fraction of sp³-hybridized carbons (Fsp3) is 0.500. The number of hydrogen-bond acceptors (Lipinski definition) is 5. The Morgan fingerprint density at radius 1 is 1.62 bits per heavy atom. The molecule has 0 aliphatic rings. The van der Waals surface area contributed by atoms with Crippen LogP contribution in [0.1, 0.15) is 32.5 Å². The molecule has 6 heteroatoms. The lowest BCUT2D eigenvalue weighted by Gasteiger charge is -2.20. The molecule has 1 N–H and O–H groups in total. The third-order valence-electron chi connectivity index (χ3n) is 1.58. The molecule has 0 fully saturated rings. The number of hydrogen-bond donors (Lipinski definition) is 1. The predicted molar refractivity (Wildman–Crippen MR) is 60.3 cm³/mol. The Hall–Kier alpha value is -1.43. The molecule has 1 amide bonds. The van der Waals surface area contributed by atoms with E-state index in [1.807, 2.05) is 0 Å². The molecule has 0 spiro atoms. The monoisotopic (exact) mass is 242 g/mol. The average molecular weight is 242 g/mol. The van der Waals surface area contributed by atoms with E-state index in [1.54, 1.807) is 31.7 Å². The topological polar surface area (TPSA) is 68.3 Å². The molecule has 0 radical (unpaired) electrons. The third kappa shape index (κ3) is 3.98. The number of thiazole rings is 1.